The van der Waals surface area contributed by atoms with Crippen LogP contribution in [0.2, 0.25) is 0 Å². The summed E-state index contributed by atoms with van der Waals surface area (Å²) < 4.78 is 5.25. The summed E-state index contributed by atoms with van der Waals surface area (Å²) in [7, 11) is 0. The highest BCUT2D eigenvalue weighted by Crippen LogP contribution is 2.50. The molecule has 0 bridgehead atoms. The third-order valence-electron chi connectivity index (χ3n) is 3.44. The molecule has 95 valence electrons. The maximum Gasteiger partial charge on any atom is 0.175 e. The van der Waals surface area contributed by atoms with Gasteiger partial charge < -0.3 is 9.42 Å². The third-order valence-corrected chi connectivity index (χ3v) is 4.80. The van der Waals surface area contributed by atoms with Crippen LogP contribution in [-0.4, -0.2) is 10.5 Å². The van der Waals surface area contributed by atoms with Gasteiger partial charge in [-0.1, -0.05) is 35.1 Å². The van der Waals surface area contributed by atoms with E-state index in [-0.39, 0.29) is 0 Å². The van der Waals surface area contributed by atoms with E-state index in [4.69, 9.17) is 4.52 Å². The number of para-hydroxylation sites is 1. The SMILES string of the molecule is [C]1=C(c2ccno2)SC(C2CC2)N1c1ccccc1. The molecule has 2 aliphatic rings. The van der Waals surface area contributed by atoms with Crippen molar-refractivity contribution in [1.82, 2.24) is 5.16 Å². The first kappa shape index (κ1) is 11.2. The van der Waals surface area contributed by atoms with Crippen LogP contribution in [-0.2, 0) is 0 Å². The van der Waals surface area contributed by atoms with Crippen molar-refractivity contribution in [2.75, 3.05) is 4.90 Å². The molecule has 1 aromatic heterocycles. The van der Waals surface area contributed by atoms with Crippen LogP contribution in [0.5, 0.6) is 0 Å². The van der Waals surface area contributed by atoms with Crippen LogP contribution >= 0.6 is 11.8 Å². The number of benzene rings is 1. The molecule has 2 aromatic rings. The minimum Gasteiger partial charge on any atom is -0.356 e. The Labute approximate surface area is 116 Å². The van der Waals surface area contributed by atoms with Gasteiger partial charge in [-0.3, -0.25) is 0 Å². The van der Waals surface area contributed by atoms with Gasteiger partial charge in [-0.15, -0.1) is 0 Å². The molecule has 1 aliphatic carbocycles. The second-order valence-electron chi connectivity index (χ2n) is 4.87. The monoisotopic (exact) mass is 269 g/mol. The largest absolute Gasteiger partial charge is 0.356 e. The first-order chi connectivity index (χ1) is 9.42. The van der Waals surface area contributed by atoms with Gasteiger partial charge in [0.15, 0.2) is 5.76 Å². The average Bonchev–Trinajstić information content (AvgIpc) is 3.00. The molecule has 1 fully saturated rings. The highest BCUT2D eigenvalue weighted by Gasteiger charge is 2.40. The molecule has 0 saturated heterocycles. The van der Waals surface area contributed by atoms with Crippen LogP contribution < -0.4 is 4.90 Å². The zero-order chi connectivity index (χ0) is 12.7. The number of anilines is 1. The zero-order valence-electron chi connectivity index (χ0n) is 10.3. The van der Waals surface area contributed by atoms with E-state index in [1.54, 1.807) is 6.20 Å². The Hall–Kier alpha value is -1.68. The summed E-state index contributed by atoms with van der Waals surface area (Å²) in [5.74, 6) is 1.58. The van der Waals surface area contributed by atoms with Gasteiger partial charge in [0.2, 0.25) is 0 Å². The molecule has 19 heavy (non-hydrogen) atoms. The zero-order valence-corrected chi connectivity index (χ0v) is 11.1. The summed E-state index contributed by atoms with van der Waals surface area (Å²) in [4.78, 5) is 3.30. The number of hydrogen-bond donors (Lipinski definition) is 0. The summed E-state index contributed by atoms with van der Waals surface area (Å²) in [5.41, 5.74) is 1.20. The summed E-state index contributed by atoms with van der Waals surface area (Å²) >= 11 is 1.84. The topological polar surface area (TPSA) is 29.3 Å². The lowest BCUT2D eigenvalue weighted by atomic mass is 10.2. The van der Waals surface area contributed by atoms with Gasteiger partial charge in [0, 0.05) is 11.8 Å². The van der Waals surface area contributed by atoms with Gasteiger partial charge in [0.1, 0.15) is 0 Å². The van der Waals surface area contributed by atoms with Gasteiger partial charge in [0.05, 0.1) is 22.7 Å². The van der Waals surface area contributed by atoms with Crippen molar-refractivity contribution in [3.8, 4) is 0 Å². The molecule has 0 spiro atoms. The molecular formula is C15H13N2OS. The van der Waals surface area contributed by atoms with Crippen LogP contribution in [0.25, 0.3) is 4.91 Å². The van der Waals surface area contributed by atoms with Crippen molar-refractivity contribution < 1.29 is 4.52 Å². The lowest BCUT2D eigenvalue weighted by molar-refractivity contribution is 0.412. The molecule has 0 N–H and O–H groups in total. The summed E-state index contributed by atoms with van der Waals surface area (Å²) in [5, 5.41) is 4.23. The van der Waals surface area contributed by atoms with Crippen molar-refractivity contribution in [2.24, 2.45) is 5.92 Å². The Morgan fingerprint density at radius 3 is 2.74 bits per heavy atom. The Morgan fingerprint density at radius 1 is 1.21 bits per heavy atom. The molecular weight excluding hydrogens is 256 g/mol. The number of hydrogen-bond acceptors (Lipinski definition) is 4. The van der Waals surface area contributed by atoms with Gasteiger partial charge >= 0.3 is 0 Å². The molecule has 0 amide bonds. The van der Waals surface area contributed by atoms with E-state index in [0.717, 1.165) is 16.6 Å². The second kappa shape index (κ2) is 4.46. The lowest BCUT2D eigenvalue weighted by Crippen LogP contribution is -2.26. The molecule has 1 radical (unpaired) electrons. The van der Waals surface area contributed by atoms with E-state index in [1.807, 2.05) is 23.9 Å². The van der Waals surface area contributed by atoms with Crippen molar-refractivity contribution >= 4 is 22.4 Å². The van der Waals surface area contributed by atoms with Crippen molar-refractivity contribution in [2.45, 2.75) is 18.2 Å². The van der Waals surface area contributed by atoms with E-state index in [9.17, 15) is 0 Å². The summed E-state index contributed by atoms with van der Waals surface area (Å²) in [6.07, 6.45) is 7.77. The van der Waals surface area contributed by atoms with Crippen molar-refractivity contribution in [3.05, 3.63) is 54.6 Å². The van der Waals surface area contributed by atoms with E-state index in [0.29, 0.717) is 5.37 Å². The molecule has 2 heterocycles. The van der Waals surface area contributed by atoms with Gasteiger partial charge in [-0.05, 0) is 30.9 Å². The van der Waals surface area contributed by atoms with E-state index >= 15 is 0 Å². The van der Waals surface area contributed by atoms with Gasteiger partial charge in [0.25, 0.3) is 0 Å². The van der Waals surface area contributed by atoms with E-state index < -0.39 is 0 Å². The molecule has 1 saturated carbocycles. The summed E-state index contributed by atoms with van der Waals surface area (Å²) in [6, 6.07) is 12.3. The maximum absolute atomic E-state index is 5.25. The highest BCUT2D eigenvalue weighted by atomic mass is 32.2. The van der Waals surface area contributed by atoms with Crippen LogP contribution in [0.15, 0.2) is 47.1 Å². The van der Waals surface area contributed by atoms with Crippen LogP contribution in [0.3, 0.4) is 0 Å². The lowest BCUT2D eigenvalue weighted by Gasteiger charge is -2.23. The Balaban J connectivity index is 1.69. The quantitative estimate of drug-likeness (QED) is 0.848. The predicted molar refractivity (Wildman–Crippen MR) is 76.2 cm³/mol. The van der Waals surface area contributed by atoms with Crippen molar-refractivity contribution in [3.63, 3.8) is 0 Å². The smallest absolute Gasteiger partial charge is 0.175 e. The predicted octanol–water partition coefficient (Wildman–Crippen LogP) is 3.77. The number of rotatable bonds is 3. The first-order valence-electron chi connectivity index (χ1n) is 6.47. The number of thioether (sulfide) groups is 1. The average molecular weight is 269 g/mol. The normalized spacial score (nSPS) is 22.6. The van der Waals surface area contributed by atoms with Gasteiger partial charge in [-0.25, -0.2) is 0 Å². The van der Waals surface area contributed by atoms with E-state index in [2.05, 4.69) is 40.5 Å². The fourth-order valence-corrected chi connectivity index (χ4v) is 3.67. The van der Waals surface area contributed by atoms with Crippen molar-refractivity contribution in [1.29, 1.82) is 0 Å². The number of aromatic nitrogens is 1. The first-order valence-corrected chi connectivity index (χ1v) is 7.35. The molecule has 3 nitrogen and oxygen atoms in total. The standard InChI is InChI=1S/C15H13N2OS/c1-2-4-12(5-3-1)17-10-14(13-8-9-16-18-13)19-15(17)11-6-7-11/h1-5,8-9,11,15H,6-7H2. The molecule has 1 atom stereocenters. The third kappa shape index (κ3) is 2.06. The summed E-state index contributed by atoms with van der Waals surface area (Å²) in [6.45, 7) is 0. The highest BCUT2D eigenvalue weighted by molar-refractivity contribution is 8.09. The minimum absolute atomic E-state index is 0.447. The fraction of sp³-hybridized carbons (Fsp3) is 0.267. The van der Waals surface area contributed by atoms with Gasteiger partial charge in [-0.2, -0.15) is 0 Å². The Kier molecular flexibility index (Phi) is 2.62. The molecule has 1 aliphatic heterocycles. The molecule has 1 unspecified atom stereocenters. The molecule has 4 rings (SSSR count). The molecule has 4 heteroatoms. The second-order valence-corrected chi connectivity index (χ2v) is 6.00. The maximum atomic E-state index is 5.25. The van der Waals surface area contributed by atoms with Crippen LogP contribution in [0, 0.1) is 12.1 Å². The van der Waals surface area contributed by atoms with Crippen LogP contribution in [0.4, 0.5) is 5.69 Å². The molecule has 1 aromatic carbocycles. The Bertz CT molecular complexity index is 590. The van der Waals surface area contributed by atoms with Crippen LogP contribution in [0.1, 0.15) is 18.6 Å². The minimum atomic E-state index is 0.447. The fourth-order valence-electron chi connectivity index (χ4n) is 2.31. The van der Waals surface area contributed by atoms with E-state index in [1.165, 1.54) is 18.5 Å². The Morgan fingerprint density at radius 2 is 2.05 bits per heavy atom. The number of nitrogens with zero attached hydrogens (tertiary/aromatic N) is 2.